The molecule has 0 spiro atoms. The SMILES string of the molecule is COC(=O)NC(=N)c1ccc(N2C(=O)OC(OS(C)(=O)=O)C2C)cc1. The Morgan fingerprint density at radius 1 is 1.32 bits per heavy atom. The van der Waals surface area contributed by atoms with Crippen molar-refractivity contribution in [2.75, 3.05) is 18.3 Å². The second kappa shape index (κ2) is 7.07. The van der Waals surface area contributed by atoms with E-state index in [0.717, 1.165) is 6.26 Å². The summed E-state index contributed by atoms with van der Waals surface area (Å²) < 4.78 is 36.5. The van der Waals surface area contributed by atoms with Crippen LogP contribution in [-0.2, 0) is 23.8 Å². The second-order valence-corrected chi connectivity index (χ2v) is 6.80. The zero-order valence-corrected chi connectivity index (χ0v) is 14.5. The van der Waals surface area contributed by atoms with Crippen molar-refractivity contribution in [3.05, 3.63) is 29.8 Å². The third-order valence-corrected chi connectivity index (χ3v) is 3.87. The van der Waals surface area contributed by atoms with Crippen LogP contribution in [0.2, 0.25) is 0 Å². The minimum absolute atomic E-state index is 0.172. The average Bonchev–Trinajstić information content (AvgIpc) is 2.79. The number of rotatable bonds is 4. The Morgan fingerprint density at radius 3 is 2.44 bits per heavy atom. The zero-order chi connectivity index (χ0) is 18.8. The van der Waals surface area contributed by atoms with Gasteiger partial charge < -0.3 is 9.47 Å². The molecule has 0 saturated carbocycles. The number of benzene rings is 1. The zero-order valence-electron chi connectivity index (χ0n) is 13.7. The highest BCUT2D eigenvalue weighted by atomic mass is 32.2. The molecule has 1 aliphatic rings. The summed E-state index contributed by atoms with van der Waals surface area (Å²) in [6.45, 7) is 1.58. The fourth-order valence-corrected chi connectivity index (χ4v) is 2.71. The molecule has 1 aliphatic heterocycles. The van der Waals surface area contributed by atoms with E-state index in [-0.39, 0.29) is 5.84 Å². The van der Waals surface area contributed by atoms with Gasteiger partial charge in [-0.05, 0) is 31.2 Å². The molecule has 1 heterocycles. The molecule has 0 aromatic heterocycles. The molecule has 1 aromatic rings. The van der Waals surface area contributed by atoms with Gasteiger partial charge in [-0.15, -0.1) is 0 Å². The maximum Gasteiger partial charge on any atom is 0.417 e. The lowest BCUT2D eigenvalue weighted by Gasteiger charge is -2.20. The second-order valence-electron chi connectivity index (χ2n) is 5.20. The molecular formula is C14H17N3O7S. The molecule has 1 saturated heterocycles. The molecule has 0 radical (unpaired) electrons. The number of nitrogens with one attached hydrogen (secondary N) is 2. The molecule has 10 nitrogen and oxygen atoms in total. The highest BCUT2D eigenvalue weighted by molar-refractivity contribution is 7.86. The van der Waals surface area contributed by atoms with E-state index in [1.807, 2.05) is 0 Å². The summed E-state index contributed by atoms with van der Waals surface area (Å²) >= 11 is 0. The van der Waals surface area contributed by atoms with Crippen molar-refractivity contribution < 1.29 is 31.7 Å². The number of cyclic esters (lactones) is 1. The van der Waals surface area contributed by atoms with E-state index >= 15 is 0 Å². The normalized spacial score (nSPS) is 20.1. The largest absolute Gasteiger partial charge is 0.453 e. The van der Waals surface area contributed by atoms with E-state index in [4.69, 9.17) is 14.3 Å². The van der Waals surface area contributed by atoms with Crippen LogP contribution in [0.1, 0.15) is 12.5 Å². The molecule has 136 valence electrons. The molecule has 2 amide bonds. The van der Waals surface area contributed by atoms with E-state index in [1.165, 1.54) is 36.3 Å². The van der Waals surface area contributed by atoms with Crippen molar-refractivity contribution in [2.24, 2.45) is 0 Å². The molecule has 2 rings (SSSR count). The highest BCUT2D eigenvalue weighted by Crippen LogP contribution is 2.28. The van der Waals surface area contributed by atoms with E-state index in [0.29, 0.717) is 11.3 Å². The Hall–Kier alpha value is -2.66. The summed E-state index contributed by atoms with van der Waals surface area (Å²) in [4.78, 5) is 24.3. The molecule has 2 unspecified atom stereocenters. The predicted molar refractivity (Wildman–Crippen MR) is 87.0 cm³/mol. The van der Waals surface area contributed by atoms with Gasteiger partial charge in [0.25, 0.3) is 10.1 Å². The number of alkyl carbamates (subject to hydrolysis) is 1. The lowest BCUT2D eigenvalue weighted by molar-refractivity contribution is -0.00471. The summed E-state index contributed by atoms with van der Waals surface area (Å²) in [5.41, 5.74) is 0.810. The Morgan fingerprint density at radius 2 is 1.92 bits per heavy atom. The first-order chi connectivity index (χ1) is 11.6. The van der Waals surface area contributed by atoms with E-state index < -0.39 is 34.6 Å². The standard InChI is InChI=1S/C14H17N3O7S/c1-8-12(24-25(3,20)21)23-14(19)17(8)10-6-4-9(5-7-10)11(15)16-13(18)22-2/h4-8,12H,1-3H3,(H2,15,16,18). The maximum atomic E-state index is 12.0. The molecule has 1 fully saturated rings. The summed E-state index contributed by atoms with van der Waals surface area (Å²) in [6.07, 6.45) is -1.91. The van der Waals surface area contributed by atoms with Crippen LogP contribution in [0.15, 0.2) is 24.3 Å². The van der Waals surface area contributed by atoms with Crippen molar-refractivity contribution >= 4 is 33.8 Å². The number of amidine groups is 1. The van der Waals surface area contributed by atoms with Gasteiger partial charge in [-0.1, -0.05) is 0 Å². The minimum atomic E-state index is -3.79. The van der Waals surface area contributed by atoms with Crippen LogP contribution in [0.4, 0.5) is 15.3 Å². The van der Waals surface area contributed by atoms with Gasteiger partial charge in [-0.3, -0.25) is 15.6 Å². The van der Waals surface area contributed by atoms with Crippen molar-refractivity contribution in [3.63, 3.8) is 0 Å². The maximum absolute atomic E-state index is 12.0. The Bertz CT molecular complexity index is 791. The van der Waals surface area contributed by atoms with Gasteiger partial charge in [-0.25, -0.2) is 13.8 Å². The molecule has 2 N–H and O–H groups in total. The number of amides is 2. The Kier molecular flexibility index (Phi) is 5.28. The topological polar surface area (TPSA) is 135 Å². The minimum Gasteiger partial charge on any atom is -0.453 e. The number of carbonyl (C=O) groups excluding carboxylic acids is 2. The van der Waals surface area contributed by atoms with Crippen molar-refractivity contribution in [1.29, 1.82) is 5.41 Å². The van der Waals surface area contributed by atoms with Crippen LogP contribution in [0, 0.1) is 5.41 Å². The molecule has 0 bridgehead atoms. The monoisotopic (exact) mass is 371 g/mol. The summed E-state index contributed by atoms with van der Waals surface area (Å²) in [6, 6.07) is 5.41. The van der Waals surface area contributed by atoms with Gasteiger partial charge >= 0.3 is 12.2 Å². The van der Waals surface area contributed by atoms with Crippen LogP contribution in [-0.4, -0.2) is 52.1 Å². The third-order valence-electron chi connectivity index (χ3n) is 3.33. The quantitative estimate of drug-likeness (QED) is 0.458. The Labute approximate surface area is 144 Å². The molecule has 11 heteroatoms. The third kappa shape index (κ3) is 4.45. The first kappa shape index (κ1) is 18.7. The van der Waals surface area contributed by atoms with Crippen molar-refractivity contribution in [3.8, 4) is 0 Å². The number of anilines is 1. The summed E-state index contributed by atoms with van der Waals surface area (Å²) in [7, 11) is -2.60. The van der Waals surface area contributed by atoms with E-state index in [1.54, 1.807) is 6.92 Å². The number of hydrogen-bond acceptors (Lipinski definition) is 8. The first-order valence-electron chi connectivity index (χ1n) is 7.04. The van der Waals surface area contributed by atoms with Gasteiger partial charge in [0, 0.05) is 11.3 Å². The smallest absolute Gasteiger partial charge is 0.417 e. The van der Waals surface area contributed by atoms with Crippen LogP contribution in [0.3, 0.4) is 0 Å². The van der Waals surface area contributed by atoms with Crippen molar-refractivity contribution in [1.82, 2.24) is 5.32 Å². The average molecular weight is 371 g/mol. The number of methoxy groups -OCH3 is 1. The highest BCUT2D eigenvalue weighted by Gasteiger charge is 2.42. The number of hydrogen-bond donors (Lipinski definition) is 2. The molecule has 25 heavy (non-hydrogen) atoms. The van der Waals surface area contributed by atoms with Crippen LogP contribution in [0.5, 0.6) is 0 Å². The summed E-state index contributed by atoms with van der Waals surface area (Å²) in [5, 5.41) is 9.96. The number of ether oxygens (including phenoxy) is 2. The van der Waals surface area contributed by atoms with Gasteiger partial charge in [0.1, 0.15) is 11.9 Å². The van der Waals surface area contributed by atoms with Gasteiger partial charge in [0.2, 0.25) is 6.29 Å². The van der Waals surface area contributed by atoms with Crippen LogP contribution in [0.25, 0.3) is 0 Å². The molecular weight excluding hydrogens is 354 g/mol. The summed E-state index contributed by atoms with van der Waals surface area (Å²) in [5.74, 6) is -0.172. The lowest BCUT2D eigenvalue weighted by Crippen LogP contribution is -2.36. The number of carbonyl (C=O) groups is 2. The fraction of sp³-hybridized carbons (Fsp3) is 0.357. The predicted octanol–water partition coefficient (Wildman–Crippen LogP) is 1.02. The van der Waals surface area contributed by atoms with Gasteiger partial charge in [-0.2, -0.15) is 8.42 Å². The molecule has 1 aromatic carbocycles. The van der Waals surface area contributed by atoms with E-state index in [9.17, 15) is 18.0 Å². The number of nitrogens with zero attached hydrogens (tertiary/aromatic N) is 1. The lowest BCUT2D eigenvalue weighted by atomic mass is 10.1. The van der Waals surface area contributed by atoms with E-state index in [2.05, 4.69) is 10.1 Å². The van der Waals surface area contributed by atoms with Gasteiger partial charge in [0.05, 0.1) is 13.4 Å². The molecule has 0 aliphatic carbocycles. The van der Waals surface area contributed by atoms with Gasteiger partial charge in [0.15, 0.2) is 0 Å². The molecule has 2 atom stereocenters. The van der Waals surface area contributed by atoms with Crippen molar-refractivity contribution in [2.45, 2.75) is 19.3 Å². The first-order valence-corrected chi connectivity index (χ1v) is 8.86. The van der Waals surface area contributed by atoms with Crippen LogP contribution < -0.4 is 10.2 Å². The fourth-order valence-electron chi connectivity index (χ4n) is 2.17. The van der Waals surface area contributed by atoms with Crippen LogP contribution >= 0.6 is 0 Å². The Balaban J connectivity index is 2.15.